The first-order chi connectivity index (χ1) is 9.00. The van der Waals surface area contributed by atoms with Crippen molar-refractivity contribution in [3.63, 3.8) is 0 Å². The van der Waals surface area contributed by atoms with Gasteiger partial charge in [-0.15, -0.1) is 11.8 Å². The molecule has 0 radical (unpaired) electrons. The summed E-state index contributed by atoms with van der Waals surface area (Å²) in [4.78, 5) is 25.5. The SMILES string of the molecule is Cc1c2n(c(=O)n1C)-c1ccc(Br)cc1SCC2=O. The Bertz CT molecular complexity index is 761. The zero-order valence-corrected chi connectivity index (χ0v) is 12.8. The third-order valence-corrected chi connectivity index (χ3v) is 4.87. The molecule has 0 spiro atoms. The third-order valence-electron chi connectivity index (χ3n) is 3.33. The topological polar surface area (TPSA) is 44.0 Å². The molecule has 1 aliphatic rings. The summed E-state index contributed by atoms with van der Waals surface area (Å²) < 4.78 is 3.99. The van der Waals surface area contributed by atoms with Crippen molar-refractivity contribution in [3.8, 4) is 5.69 Å². The van der Waals surface area contributed by atoms with Crippen molar-refractivity contribution in [1.82, 2.24) is 9.13 Å². The zero-order valence-electron chi connectivity index (χ0n) is 10.4. The Labute approximate surface area is 122 Å². The van der Waals surface area contributed by atoms with E-state index < -0.39 is 0 Å². The second-order valence-electron chi connectivity index (χ2n) is 4.43. The van der Waals surface area contributed by atoms with Crippen LogP contribution >= 0.6 is 27.7 Å². The summed E-state index contributed by atoms with van der Waals surface area (Å²) >= 11 is 4.89. The number of carbonyl (C=O) groups is 1. The number of hydrogen-bond donors (Lipinski definition) is 0. The van der Waals surface area contributed by atoms with Gasteiger partial charge in [-0.05, 0) is 25.1 Å². The Morgan fingerprint density at radius 1 is 1.32 bits per heavy atom. The van der Waals surface area contributed by atoms with Gasteiger partial charge in [-0.25, -0.2) is 4.79 Å². The van der Waals surface area contributed by atoms with Gasteiger partial charge in [-0.2, -0.15) is 0 Å². The number of fused-ring (bicyclic) bond motifs is 3. The summed E-state index contributed by atoms with van der Waals surface area (Å²) in [5, 5.41) is 0. The van der Waals surface area contributed by atoms with E-state index in [0.29, 0.717) is 17.1 Å². The van der Waals surface area contributed by atoms with Crippen molar-refractivity contribution in [2.24, 2.45) is 7.05 Å². The van der Waals surface area contributed by atoms with Gasteiger partial charge in [-0.1, -0.05) is 15.9 Å². The van der Waals surface area contributed by atoms with Crippen LogP contribution in [-0.2, 0) is 7.05 Å². The average Bonchev–Trinajstić information content (AvgIpc) is 2.54. The van der Waals surface area contributed by atoms with E-state index in [0.717, 1.165) is 15.1 Å². The number of rotatable bonds is 0. The number of benzene rings is 1. The van der Waals surface area contributed by atoms with Crippen molar-refractivity contribution in [2.75, 3.05) is 5.75 Å². The molecule has 0 bridgehead atoms. The molecular weight excluding hydrogens is 328 g/mol. The number of imidazole rings is 1. The number of nitrogens with zero attached hydrogens (tertiary/aromatic N) is 2. The van der Waals surface area contributed by atoms with E-state index in [4.69, 9.17) is 0 Å². The van der Waals surface area contributed by atoms with E-state index in [1.807, 2.05) is 18.2 Å². The second-order valence-corrected chi connectivity index (χ2v) is 6.37. The number of ketones is 1. The lowest BCUT2D eigenvalue weighted by Gasteiger charge is -2.07. The molecule has 1 aromatic carbocycles. The van der Waals surface area contributed by atoms with Crippen molar-refractivity contribution in [2.45, 2.75) is 11.8 Å². The van der Waals surface area contributed by atoms with Crippen molar-refractivity contribution in [1.29, 1.82) is 0 Å². The lowest BCUT2D eigenvalue weighted by Crippen LogP contribution is -2.22. The zero-order chi connectivity index (χ0) is 13.7. The van der Waals surface area contributed by atoms with Crippen LogP contribution in [0.4, 0.5) is 0 Å². The van der Waals surface area contributed by atoms with Crippen molar-refractivity contribution < 1.29 is 4.79 Å². The number of aromatic nitrogens is 2. The van der Waals surface area contributed by atoms with Crippen LogP contribution in [0.5, 0.6) is 0 Å². The maximum atomic E-state index is 12.3. The number of thioether (sulfide) groups is 1. The van der Waals surface area contributed by atoms with Gasteiger partial charge in [0, 0.05) is 22.1 Å². The summed E-state index contributed by atoms with van der Waals surface area (Å²) in [7, 11) is 1.69. The van der Waals surface area contributed by atoms with Gasteiger partial charge in [0.05, 0.1) is 11.4 Å². The summed E-state index contributed by atoms with van der Waals surface area (Å²) in [6.07, 6.45) is 0. The van der Waals surface area contributed by atoms with Crippen LogP contribution in [0.15, 0.2) is 32.4 Å². The van der Waals surface area contributed by atoms with Gasteiger partial charge in [0.1, 0.15) is 5.69 Å². The molecule has 6 heteroatoms. The number of hydrogen-bond acceptors (Lipinski definition) is 3. The van der Waals surface area contributed by atoms with Crippen LogP contribution in [0.2, 0.25) is 0 Å². The third kappa shape index (κ3) is 1.81. The maximum Gasteiger partial charge on any atom is 0.333 e. The fraction of sp³-hybridized carbons (Fsp3) is 0.231. The van der Waals surface area contributed by atoms with E-state index in [9.17, 15) is 9.59 Å². The van der Waals surface area contributed by atoms with Gasteiger partial charge in [0.25, 0.3) is 0 Å². The Kier molecular flexibility index (Phi) is 2.94. The van der Waals surface area contributed by atoms with Crippen LogP contribution < -0.4 is 5.69 Å². The summed E-state index contributed by atoms with van der Waals surface area (Å²) in [6.45, 7) is 1.81. The fourth-order valence-electron chi connectivity index (χ4n) is 2.26. The fourth-order valence-corrected chi connectivity index (χ4v) is 3.71. The highest BCUT2D eigenvalue weighted by molar-refractivity contribution is 9.10. The molecule has 98 valence electrons. The second kappa shape index (κ2) is 4.38. The molecule has 1 aliphatic heterocycles. The van der Waals surface area contributed by atoms with Crippen LogP contribution in [0.3, 0.4) is 0 Å². The average molecular weight is 339 g/mol. The molecule has 0 amide bonds. The summed E-state index contributed by atoms with van der Waals surface area (Å²) in [5.74, 6) is 0.348. The Hall–Kier alpha value is -1.27. The summed E-state index contributed by atoms with van der Waals surface area (Å²) in [5.41, 5.74) is 1.82. The van der Waals surface area contributed by atoms with E-state index in [2.05, 4.69) is 15.9 Å². The molecule has 0 fully saturated rings. The first-order valence-electron chi connectivity index (χ1n) is 5.75. The van der Waals surface area contributed by atoms with Crippen LogP contribution in [0, 0.1) is 6.92 Å². The Morgan fingerprint density at radius 3 is 2.79 bits per heavy atom. The standard InChI is InChI=1S/C13H11BrN2O2S/c1-7-12-10(17)6-19-11-5-8(14)3-4-9(11)16(12)13(18)15(7)2/h3-5H,6H2,1-2H3. The molecular formula is C13H11BrN2O2S. The molecule has 0 atom stereocenters. The van der Waals surface area contributed by atoms with Gasteiger partial charge in [0.15, 0.2) is 5.78 Å². The Balaban J connectivity index is 2.43. The highest BCUT2D eigenvalue weighted by Gasteiger charge is 2.26. The normalized spacial score (nSPS) is 13.9. The molecule has 0 saturated carbocycles. The summed E-state index contributed by atoms with van der Waals surface area (Å²) in [6, 6.07) is 5.69. The molecule has 0 aliphatic carbocycles. The van der Waals surface area contributed by atoms with Gasteiger partial charge >= 0.3 is 5.69 Å². The first-order valence-corrected chi connectivity index (χ1v) is 7.53. The molecule has 1 aromatic heterocycles. The van der Waals surface area contributed by atoms with Crippen LogP contribution in [0.1, 0.15) is 16.2 Å². The number of Topliss-reactive ketones (excluding diaryl/α,β-unsaturated/α-hetero) is 1. The Morgan fingerprint density at radius 2 is 2.05 bits per heavy atom. The monoisotopic (exact) mass is 338 g/mol. The van der Waals surface area contributed by atoms with E-state index in [1.165, 1.54) is 20.9 Å². The predicted molar refractivity (Wildman–Crippen MR) is 78.5 cm³/mol. The highest BCUT2D eigenvalue weighted by Crippen LogP contribution is 2.33. The molecule has 0 N–H and O–H groups in total. The van der Waals surface area contributed by atoms with Gasteiger partial charge in [0.2, 0.25) is 0 Å². The smallest absolute Gasteiger partial charge is 0.299 e. The van der Waals surface area contributed by atoms with E-state index >= 15 is 0 Å². The minimum absolute atomic E-state index is 0.00692. The van der Waals surface area contributed by atoms with Crippen LogP contribution in [-0.4, -0.2) is 20.7 Å². The minimum atomic E-state index is -0.174. The predicted octanol–water partition coefficient (Wildman–Crippen LogP) is 2.54. The molecule has 0 unspecified atom stereocenters. The largest absolute Gasteiger partial charge is 0.333 e. The minimum Gasteiger partial charge on any atom is -0.299 e. The van der Waals surface area contributed by atoms with Gasteiger partial charge in [-0.3, -0.25) is 13.9 Å². The molecule has 3 rings (SSSR count). The molecule has 4 nitrogen and oxygen atoms in total. The van der Waals surface area contributed by atoms with E-state index in [-0.39, 0.29) is 11.5 Å². The van der Waals surface area contributed by atoms with Crippen molar-refractivity contribution >= 4 is 33.5 Å². The number of carbonyl (C=O) groups excluding carboxylic acids is 1. The van der Waals surface area contributed by atoms with Gasteiger partial charge < -0.3 is 0 Å². The lowest BCUT2D eigenvalue weighted by molar-refractivity contribution is 0.101. The quantitative estimate of drug-likeness (QED) is 0.741. The highest BCUT2D eigenvalue weighted by atomic mass is 79.9. The van der Waals surface area contributed by atoms with Crippen LogP contribution in [0.25, 0.3) is 5.69 Å². The maximum absolute atomic E-state index is 12.3. The molecule has 19 heavy (non-hydrogen) atoms. The van der Waals surface area contributed by atoms with E-state index in [1.54, 1.807) is 14.0 Å². The van der Waals surface area contributed by atoms with Crippen molar-refractivity contribution in [3.05, 3.63) is 44.5 Å². The lowest BCUT2D eigenvalue weighted by atomic mass is 10.2. The number of halogens is 1. The molecule has 2 aromatic rings. The molecule has 2 heterocycles. The first kappa shape index (κ1) is 12.7. The molecule has 0 saturated heterocycles.